The number of alkyl halides is 3. The van der Waals surface area contributed by atoms with Gasteiger partial charge in [0.25, 0.3) is 0 Å². The molecule has 0 aliphatic heterocycles. The molecule has 4 nitrogen and oxygen atoms in total. The van der Waals surface area contributed by atoms with Crippen LogP contribution in [0, 0.1) is 5.82 Å². The second kappa shape index (κ2) is 10.9. The maximum absolute atomic E-state index is 13.3. The zero-order valence-electron chi connectivity index (χ0n) is 18.3. The number of nitrogens with zero attached hydrogens (tertiary/aromatic N) is 1. The van der Waals surface area contributed by atoms with Crippen LogP contribution in [0.25, 0.3) is 0 Å². The lowest BCUT2D eigenvalue weighted by atomic mass is 10.0. The third-order valence-corrected chi connectivity index (χ3v) is 5.49. The summed E-state index contributed by atoms with van der Waals surface area (Å²) in [7, 11) is 0. The number of ether oxygens (including phenoxy) is 1. The minimum atomic E-state index is -4.43. The number of hydrogen-bond acceptors (Lipinski definition) is 3. The van der Waals surface area contributed by atoms with Crippen LogP contribution in [0.1, 0.15) is 29.7 Å². The van der Waals surface area contributed by atoms with Crippen molar-refractivity contribution in [2.75, 3.05) is 18.1 Å². The van der Waals surface area contributed by atoms with E-state index in [1.54, 1.807) is 18.2 Å². The molecule has 0 saturated carbocycles. The molecule has 3 rings (SSSR count). The molecule has 0 aliphatic rings. The maximum atomic E-state index is 13.3. The Balaban J connectivity index is 1.87. The summed E-state index contributed by atoms with van der Waals surface area (Å²) in [5.74, 6) is -0.481. The van der Waals surface area contributed by atoms with Crippen LogP contribution >= 0.6 is 11.6 Å². The molecule has 3 aromatic carbocycles. The highest BCUT2D eigenvalue weighted by Gasteiger charge is 2.30. The molecule has 0 aromatic heterocycles. The van der Waals surface area contributed by atoms with Crippen LogP contribution in [0.4, 0.5) is 23.2 Å². The molecule has 9 heteroatoms. The van der Waals surface area contributed by atoms with Crippen LogP contribution in [-0.4, -0.2) is 19.1 Å². The van der Waals surface area contributed by atoms with E-state index in [-0.39, 0.29) is 13.0 Å². The van der Waals surface area contributed by atoms with Gasteiger partial charge in [0.1, 0.15) is 17.6 Å². The topological polar surface area (TPSA) is 55.6 Å². The predicted molar refractivity (Wildman–Crippen MR) is 123 cm³/mol. The number of amides is 1. The molecular weight excluding hydrogens is 472 g/mol. The fraction of sp³-hybridized carbons (Fsp3) is 0.240. The van der Waals surface area contributed by atoms with E-state index in [4.69, 9.17) is 22.1 Å². The Morgan fingerprint density at radius 3 is 2.26 bits per heavy atom. The fourth-order valence-electron chi connectivity index (χ4n) is 3.38. The molecule has 0 radical (unpaired) electrons. The van der Waals surface area contributed by atoms with Crippen molar-refractivity contribution in [1.82, 2.24) is 0 Å². The normalized spacial score (nSPS) is 12.3. The Labute approximate surface area is 199 Å². The second-order valence-electron chi connectivity index (χ2n) is 7.51. The highest BCUT2D eigenvalue weighted by molar-refractivity contribution is 6.32. The van der Waals surface area contributed by atoms with E-state index in [0.29, 0.717) is 34.2 Å². The molecule has 3 aromatic rings. The lowest BCUT2D eigenvalue weighted by molar-refractivity contribution is -0.137. The van der Waals surface area contributed by atoms with Crippen LogP contribution in [0.15, 0.2) is 66.7 Å². The molecule has 0 spiro atoms. The SMILES string of the molecule is CCOc1ccc(N(CCc2ccc(C(F)(F)F)cc2)C(=O)[C@@H](N)c2ccc(F)cc2)cc1Cl. The molecule has 2 N–H and O–H groups in total. The molecule has 0 bridgehead atoms. The van der Waals surface area contributed by atoms with E-state index in [9.17, 15) is 22.4 Å². The van der Waals surface area contributed by atoms with Gasteiger partial charge >= 0.3 is 6.18 Å². The van der Waals surface area contributed by atoms with Gasteiger partial charge in [-0.3, -0.25) is 4.79 Å². The molecule has 1 atom stereocenters. The van der Waals surface area contributed by atoms with Crippen molar-refractivity contribution in [3.8, 4) is 5.75 Å². The standard InChI is InChI=1S/C25H23ClF4N2O2/c1-2-34-22-12-11-20(15-21(22)26)32(24(33)23(31)17-5-9-19(27)10-6-17)14-13-16-3-7-18(8-4-16)25(28,29)30/h3-12,15,23H,2,13-14,31H2,1H3/t23-/m0/s1. The van der Waals surface area contributed by atoms with Crippen LogP contribution in [0.2, 0.25) is 5.02 Å². The first-order valence-electron chi connectivity index (χ1n) is 10.5. The zero-order chi connectivity index (χ0) is 24.9. The Morgan fingerprint density at radius 2 is 1.71 bits per heavy atom. The summed E-state index contributed by atoms with van der Waals surface area (Å²) >= 11 is 6.31. The van der Waals surface area contributed by atoms with Gasteiger partial charge in [0, 0.05) is 12.2 Å². The lowest BCUT2D eigenvalue weighted by Crippen LogP contribution is -2.40. The van der Waals surface area contributed by atoms with E-state index in [1.807, 2.05) is 6.92 Å². The van der Waals surface area contributed by atoms with E-state index in [1.165, 1.54) is 41.3 Å². The smallest absolute Gasteiger partial charge is 0.416 e. The molecule has 0 heterocycles. The van der Waals surface area contributed by atoms with Crippen LogP contribution in [-0.2, 0) is 17.4 Å². The zero-order valence-corrected chi connectivity index (χ0v) is 19.0. The van der Waals surface area contributed by atoms with Crippen molar-refractivity contribution in [3.63, 3.8) is 0 Å². The second-order valence-corrected chi connectivity index (χ2v) is 7.92. The number of anilines is 1. The monoisotopic (exact) mass is 494 g/mol. The number of carbonyl (C=O) groups excluding carboxylic acids is 1. The molecule has 0 unspecified atom stereocenters. The van der Waals surface area contributed by atoms with Crippen molar-refractivity contribution < 1.29 is 27.1 Å². The number of carbonyl (C=O) groups is 1. The van der Waals surface area contributed by atoms with E-state index >= 15 is 0 Å². The van der Waals surface area contributed by atoms with Gasteiger partial charge in [-0.1, -0.05) is 35.9 Å². The Kier molecular flexibility index (Phi) is 8.17. The van der Waals surface area contributed by atoms with Crippen LogP contribution < -0.4 is 15.4 Å². The number of nitrogens with two attached hydrogens (primary N) is 1. The molecule has 0 saturated heterocycles. The summed E-state index contributed by atoms with van der Waals surface area (Å²) in [6.45, 7) is 2.35. The van der Waals surface area contributed by atoms with Gasteiger partial charge in [-0.15, -0.1) is 0 Å². The Hall–Kier alpha value is -3.10. The lowest BCUT2D eigenvalue weighted by Gasteiger charge is -2.27. The first-order valence-corrected chi connectivity index (χ1v) is 10.9. The van der Waals surface area contributed by atoms with E-state index in [2.05, 4.69) is 0 Å². The van der Waals surface area contributed by atoms with E-state index < -0.39 is 29.5 Å². The summed E-state index contributed by atoms with van der Waals surface area (Å²) in [6.07, 6.45) is -4.16. The molecular formula is C25H23ClF4N2O2. The van der Waals surface area contributed by atoms with Crippen molar-refractivity contribution >= 4 is 23.2 Å². The van der Waals surface area contributed by atoms with Crippen LogP contribution in [0.3, 0.4) is 0 Å². The Morgan fingerprint density at radius 1 is 1.06 bits per heavy atom. The third-order valence-electron chi connectivity index (χ3n) is 5.19. The number of benzene rings is 3. The molecule has 0 aliphatic carbocycles. The number of hydrogen-bond donors (Lipinski definition) is 1. The molecule has 34 heavy (non-hydrogen) atoms. The van der Waals surface area contributed by atoms with Crippen molar-refractivity contribution in [2.24, 2.45) is 5.73 Å². The summed E-state index contributed by atoms with van der Waals surface area (Å²) in [6, 6.07) is 13.8. The first-order chi connectivity index (χ1) is 16.1. The maximum Gasteiger partial charge on any atom is 0.416 e. The van der Waals surface area contributed by atoms with Gasteiger partial charge in [-0.2, -0.15) is 13.2 Å². The van der Waals surface area contributed by atoms with Crippen molar-refractivity contribution in [3.05, 3.63) is 94.3 Å². The van der Waals surface area contributed by atoms with Gasteiger partial charge in [0.2, 0.25) is 5.91 Å². The van der Waals surface area contributed by atoms with Crippen LogP contribution in [0.5, 0.6) is 5.75 Å². The van der Waals surface area contributed by atoms with Crippen molar-refractivity contribution in [1.29, 1.82) is 0 Å². The predicted octanol–water partition coefficient (Wildman–Crippen LogP) is 6.17. The van der Waals surface area contributed by atoms with Gasteiger partial charge in [0.15, 0.2) is 0 Å². The van der Waals surface area contributed by atoms with Gasteiger partial charge in [0.05, 0.1) is 17.2 Å². The minimum absolute atomic E-state index is 0.128. The minimum Gasteiger partial charge on any atom is -0.492 e. The Bertz CT molecular complexity index is 1120. The quantitative estimate of drug-likeness (QED) is 0.381. The summed E-state index contributed by atoms with van der Waals surface area (Å²) < 4.78 is 57.3. The molecule has 180 valence electrons. The summed E-state index contributed by atoms with van der Waals surface area (Å²) in [5, 5.41) is 0.294. The highest BCUT2D eigenvalue weighted by Crippen LogP contribution is 2.32. The average Bonchev–Trinajstić information content (AvgIpc) is 2.80. The number of rotatable bonds is 8. The third kappa shape index (κ3) is 6.27. The first kappa shape index (κ1) is 25.5. The summed E-state index contributed by atoms with van der Waals surface area (Å²) in [5.41, 5.74) is 6.91. The fourth-order valence-corrected chi connectivity index (χ4v) is 3.61. The van der Waals surface area contributed by atoms with Gasteiger partial charge in [-0.25, -0.2) is 4.39 Å². The summed E-state index contributed by atoms with van der Waals surface area (Å²) in [4.78, 5) is 14.8. The molecule has 1 amide bonds. The molecule has 0 fully saturated rings. The highest BCUT2D eigenvalue weighted by atomic mass is 35.5. The average molecular weight is 495 g/mol. The van der Waals surface area contributed by atoms with E-state index in [0.717, 1.165) is 12.1 Å². The van der Waals surface area contributed by atoms with Gasteiger partial charge < -0.3 is 15.4 Å². The largest absolute Gasteiger partial charge is 0.492 e. The number of halogens is 5. The van der Waals surface area contributed by atoms with Crippen molar-refractivity contribution in [2.45, 2.75) is 25.6 Å². The van der Waals surface area contributed by atoms with Gasteiger partial charge in [-0.05, 0) is 66.9 Å².